The van der Waals surface area contributed by atoms with E-state index in [0.29, 0.717) is 23.5 Å². The Morgan fingerprint density at radius 1 is 1.09 bits per heavy atom. The van der Waals surface area contributed by atoms with Gasteiger partial charge in [-0.25, -0.2) is 16.8 Å². The Kier molecular flexibility index (Phi) is 9.50. The van der Waals surface area contributed by atoms with Crippen LogP contribution in [-0.4, -0.2) is 55.1 Å². The second kappa shape index (κ2) is 11.9. The smallest absolute Gasteiger partial charge is 0.229 e. The van der Waals surface area contributed by atoms with Gasteiger partial charge in [0.15, 0.2) is 14.7 Å². The lowest BCUT2D eigenvalue weighted by atomic mass is 10.1. The Morgan fingerprint density at radius 3 is 2.36 bits per heavy atom. The van der Waals surface area contributed by atoms with Gasteiger partial charge in [-0.05, 0) is 41.8 Å². The molecule has 1 atom stereocenters. The molecule has 180 valence electrons. The highest BCUT2D eigenvalue weighted by atomic mass is 32.2. The Balaban J connectivity index is 1.96. The molecule has 0 amide bonds. The number of nitrogens with two attached hydrogens (primary N) is 1. The molecular weight excluding hydrogens is 468 g/mol. The SMILES string of the molecule is CS(=O)(=O)Nc1ccc(OCCNCC(N)(c2ccccc2)S(=O)(=O)CCCN=[N+]=[N-])cc1. The van der Waals surface area contributed by atoms with Gasteiger partial charge in [0.2, 0.25) is 10.0 Å². The van der Waals surface area contributed by atoms with Gasteiger partial charge in [0.05, 0.1) is 12.0 Å². The van der Waals surface area contributed by atoms with Crippen molar-refractivity contribution in [2.24, 2.45) is 10.8 Å². The summed E-state index contributed by atoms with van der Waals surface area (Å²) >= 11 is 0. The van der Waals surface area contributed by atoms with E-state index < -0.39 is 24.7 Å². The Bertz CT molecular complexity index is 1150. The summed E-state index contributed by atoms with van der Waals surface area (Å²) in [5, 5.41) is 6.42. The molecule has 0 aliphatic carbocycles. The summed E-state index contributed by atoms with van der Waals surface area (Å²) < 4.78 is 56.6. The summed E-state index contributed by atoms with van der Waals surface area (Å²) in [7, 11) is -7.13. The fraction of sp³-hybridized carbons (Fsp3) is 0.400. The second-order valence-electron chi connectivity index (χ2n) is 7.31. The van der Waals surface area contributed by atoms with E-state index in [4.69, 9.17) is 16.0 Å². The first-order valence-electron chi connectivity index (χ1n) is 10.1. The number of sulfone groups is 1. The van der Waals surface area contributed by atoms with Crippen LogP contribution in [0.25, 0.3) is 10.4 Å². The van der Waals surface area contributed by atoms with Gasteiger partial charge >= 0.3 is 0 Å². The molecule has 2 aromatic carbocycles. The van der Waals surface area contributed by atoms with Gasteiger partial charge in [-0.2, -0.15) is 0 Å². The lowest BCUT2D eigenvalue weighted by Crippen LogP contribution is -2.53. The third-order valence-electron chi connectivity index (χ3n) is 4.64. The third-order valence-corrected chi connectivity index (χ3v) is 7.57. The zero-order valence-corrected chi connectivity index (χ0v) is 19.8. The molecule has 0 bridgehead atoms. The van der Waals surface area contributed by atoms with Crippen molar-refractivity contribution in [2.45, 2.75) is 11.3 Å². The van der Waals surface area contributed by atoms with Crippen molar-refractivity contribution >= 4 is 25.5 Å². The Morgan fingerprint density at radius 2 is 1.76 bits per heavy atom. The molecular formula is C20H28N6O5S2. The van der Waals surface area contributed by atoms with Crippen molar-refractivity contribution < 1.29 is 21.6 Å². The maximum absolute atomic E-state index is 13.1. The number of rotatable bonds is 14. The third kappa shape index (κ3) is 8.22. The van der Waals surface area contributed by atoms with Crippen LogP contribution in [0, 0.1) is 0 Å². The van der Waals surface area contributed by atoms with Gasteiger partial charge in [-0.3, -0.25) is 4.72 Å². The number of azide groups is 1. The largest absolute Gasteiger partial charge is 0.492 e. The monoisotopic (exact) mass is 496 g/mol. The molecule has 0 fully saturated rings. The number of hydrogen-bond donors (Lipinski definition) is 3. The van der Waals surface area contributed by atoms with E-state index in [1.165, 1.54) is 0 Å². The van der Waals surface area contributed by atoms with Crippen LogP contribution in [0.4, 0.5) is 5.69 Å². The van der Waals surface area contributed by atoms with E-state index in [-0.39, 0.29) is 31.9 Å². The van der Waals surface area contributed by atoms with E-state index >= 15 is 0 Å². The highest BCUT2D eigenvalue weighted by molar-refractivity contribution is 7.92. The maximum atomic E-state index is 13.1. The van der Waals surface area contributed by atoms with Crippen LogP contribution in [0.15, 0.2) is 59.7 Å². The molecule has 0 aliphatic rings. The van der Waals surface area contributed by atoms with E-state index in [1.54, 1.807) is 54.6 Å². The van der Waals surface area contributed by atoms with Crippen LogP contribution in [0.2, 0.25) is 0 Å². The average molecular weight is 497 g/mol. The van der Waals surface area contributed by atoms with Gasteiger partial charge in [-0.1, -0.05) is 35.4 Å². The van der Waals surface area contributed by atoms with Gasteiger partial charge in [0, 0.05) is 30.2 Å². The van der Waals surface area contributed by atoms with Gasteiger partial charge in [0.25, 0.3) is 0 Å². The van der Waals surface area contributed by atoms with Gasteiger partial charge in [0.1, 0.15) is 12.4 Å². The summed E-state index contributed by atoms with van der Waals surface area (Å²) in [4.78, 5) is 0.970. The lowest BCUT2D eigenvalue weighted by Gasteiger charge is -2.30. The number of anilines is 1. The zero-order chi connectivity index (χ0) is 24.4. The van der Waals surface area contributed by atoms with E-state index in [0.717, 1.165) is 6.26 Å². The highest BCUT2D eigenvalue weighted by Crippen LogP contribution is 2.26. The molecule has 0 radical (unpaired) electrons. The van der Waals surface area contributed by atoms with Crippen molar-refractivity contribution in [1.29, 1.82) is 0 Å². The molecule has 2 rings (SSSR count). The van der Waals surface area contributed by atoms with E-state index in [9.17, 15) is 16.8 Å². The maximum Gasteiger partial charge on any atom is 0.229 e. The highest BCUT2D eigenvalue weighted by Gasteiger charge is 2.40. The lowest BCUT2D eigenvalue weighted by molar-refractivity contribution is 0.310. The van der Waals surface area contributed by atoms with E-state index in [1.807, 2.05) is 0 Å². The minimum atomic E-state index is -3.78. The first-order chi connectivity index (χ1) is 15.6. The topological polar surface area (TPSA) is 176 Å². The number of nitrogens with one attached hydrogen (secondary N) is 2. The predicted octanol–water partition coefficient (Wildman–Crippen LogP) is 1.95. The van der Waals surface area contributed by atoms with Crippen LogP contribution < -0.4 is 20.5 Å². The van der Waals surface area contributed by atoms with Crippen LogP contribution in [0.5, 0.6) is 5.75 Å². The summed E-state index contributed by atoms with van der Waals surface area (Å²) in [6.07, 6.45) is 1.24. The standard InChI is InChI=1S/C20H28N6O5S2/c1-32(27,28)25-18-8-10-19(11-9-18)31-14-13-23-16-20(21,17-6-3-2-4-7-17)33(29,30)15-5-12-24-26-22/h2-4,6-11,23,25H,5,12-16,21H2,1H3. The van der Waals surface area contributed by atoms with Gasteiger partial charge in [-0.15, -0.1) is 0 Å². The molecule has 0 aromatic heterocycles. The molecule has 2 aromatic rings. The summed E-state index contributed by atoms with van der Waals surface area (Å²) in [6.45, 7) is 0.589. The van der Waals surface area contributed by atoms with E-state index in [2.05, 4.69) is 20.1 Å². The van der Waals surface area contributed by atoms with Crippen molar-refractivity contribution in [3.05, 3.63) is 70.6 Å². The molecule has 0 aliphatic heterocycles. The second-order valence-corrected chi connectivity index (χ2v) is 11.4. The first-order valence-corrected chi connectivity index (χ1v) is 13.6. The minimum Gasteiger partial charge on any atom is -0.492 e. The number of benzene rings is 2. The fourth-order valence-corrected chi connectivity index (χ4v) is 5.27. The summed E-state index contributed by atoms with van der Waals surface area (Å²) in [5.41, 5.74) is 15.7. The molecule has 11 nitrogen and oxygen atoms in total. The average Bonchev–Trinajstić information content (AvgIpc) is 2.77. The summed E-state index contributed by atoms with van der Waals surface area (Å²) in [5.74, 6) is 0.312. The molecule has 0 saturated carbocycles. The van der Waals surface area contributed by atoms with Crippen molar-refractivity contribution in [2.75, 3.05) is 43.0 Å². The number of hydrogen-bond acceptors (Lipinski definition) is 8. The quantitative estimate of drug-likeness (QED) is 0.155. The Labute approximate surface area is 193 Å². The van der Waals surface area contributed by atoms with Crippen molar-refractivity contribution in [1.82, 2.24) is 5.32 Å². The molecule has 13 heteroatoms. The molecule has 0 heterocycles. The summed E-state index contributed by atoms with van der Waals surface area (Å²) in [6, 6.07) is 14.9. The Hall–Kier alpha value is -2.83. The van der Waals surface area contributed by atoms with Gasteiger partial charge < -0.3 is 15.8 Å². The predicted molar refractivity (Wildman–Crippen MR) is 128 cm³/mol. The zero-order valence-electron chi connectivity index (χ0n) is 18.2. The number of sulfonamides is 1. The number of nitrogens with zero attached hydrogens (tertiary/aromatic N) is 3. The molecule has 33 heavy (non-hydrogen) atoms. The molecule has 0 saturated heterocycles. The fourth-order valence-electron chi connectivity index (χ4n) is 3.01. The first kappa shape index (κ1) is 26.4. The molecule has 4 N–H and O–H groups in total. The molecule has 1 unspecified atom stereocenters. The van der Waals surface area contributed by atoms with Crippen molar-refractivity contribution in [3.8, 4) is 5.75 Å². The minimum absolute atomic E-state index is 0.0402. The van der Waals surface area contributed by atoms with Crippen LogP contribution in [0.3, 0.4) is 0 Å². The number of ether oxygens (including phenoxy) is 1. The van der Waals surface area contributed by atoms with Crippen LogP contribution in [0.1, 0.15) is 12.0 Å². The normalized spacial score (nSPS) is 13.5. The molecule has 0 spiro atoms. The van der Waals surface area contributed by atoms with Crippen molar-refractivity contribution in [3.63, 3.8) is 0 Å². The van der Waals surface area contributed by atoms with Crippen LogP contribution in [-0.2, 0) is 24.7 Å². The van der Waals surface area contributed by atoms with Crippen LogP contribution >= 0.6 is 0 Å².